The molecule has 1 aromatic carbocycles. The summed E-state index contributed by atoms with van der Waals surface area (Å²) in [6.45, 7) is 4.09. The SMILES string of the molecule is CCC12CC3OC1C(O)CN1CCc4c(n3c3ccccc43)C12. The van der Waals surface area contributed by atoms with Gasteiger partial charge in [0, 0.05) is 36.0 Å². The van der Waals surface area contributed by atoms with Gasteiger partial charge in [-0.1, -0.05) is 25.1 Å². The third kappa shape index (κ3) is 1.29. The normalized spacial score (nSPS) is 40.8. The summed E-state index contributed by atoms with van der Waals surface area (Å²) >= 11 is 0. The van der Waals surface area contributed by atoms with Gasteiger partial charge in [-0.05, 0) is 24.5 Å². The van der Waals surface area contributed by atoms with E-state index < -0.39 is 0 Å². The smallest absolute Gasteiger partial charge is 0.135 e. The van der Waals surface area contributed by atoms with Crippen LogP contribution in [0.4, 0.5) is 0 Å². The number of rotatable bonds is 1. The van der Waals surface area contributed by atoms with E-state index in [0.29, 0.717) is 6.04 Å². The van der Waals surface area contributed by atoms with Crippen LogP contribution in [0.5, 0.6) is 0 Å². The lowest BCUT2D eigenvalue weighted by molar-refractivity contribution is -0.139. The molecule has 0 radical (unpaired) electrons. The number of hydrogen-bond acceptors (Lipinski definition) is 3. The summed E-state index contributed by atoms with van der Waals surface area (Å²) in [5.74, 6) is 0. The monoisotopic (exact) mass is 310 g/mol. The predicted molar refractivity (Wildman–Crippen MR) is 87.2 cm³/mol. The molecule has 4 aliphatic heterocycles. The third-order valence-corrected chi connectivity index (χ3v) is 7.02. The van der Waals surface area contributed by atoms with E-state index in [1.165, 1.54) is 22.2 Å². The Morgan fingerprint density at radius 3 is 3.09 bits per heavy atom. The highest BCUT2D eigenvalue weighted by atomic mass is 16.5. The number of aliphatic hydroxyl groups is 1. The van der Waals surface area contributed by atoms with Crippen molar-refractivity contribution < 1.29 is 9.84 Å². The Morgan fingerprint density at radius 2 is 2.22 bits per heavy atom. The Morgan fingerprint density at radius 1 is 1.35 bits per heavy atom. The standard InChI is InChI=1S/C19H22N2O2/c1-2-19-9-15-21-13-6-4-3-5-11(13)12-7-8-20(17(19)16(12)21)10-14(22)18(19)23-15/h3-6,14-15,17-18,22H,2,7-10H2,1H3. The van der Waals surface area contributed by atoms with Crippen LogP contribution in [0.2, 0.25) is 0 Å². The molecule has 1 aromatic heterocycles. The van der Waals surface area contributed by atoms with Crippen LogP contribution in [0.1, 0.15) is 43.3 Å². The molecular formula is C19H22N2O2. The quantitative estimate of drug-likeness (QED) is 0.880. The minimum Gasteiger partial charge on any atom is -0.389 e. The van der Waals surface area contributed by atoms with Crippen molar-refractivity contribution in [2.45, 2.75) is 50.7 Å². The molecule has 0 saturated carbocycles. The Labute approximate surface area is 135 Å². The predicted octanol–water partition coefficient (Wildman–Crippen LogP) is 2.61. The van der Waals surface area contributed by atoms with Gasteiger partial charge in [-0.25, -0.2) is 0 Å². The van der Waals surface area contributed by atoms with E-state index in [9.17, 15) is 5.11 Å². The van der Waals surface area contributed by atoms with E-state index in [-0.39, 0.29) is 23.9 Å². The number of aliphatic hydroxyl groups excluding tert-OH is 1. The van der Waals surface area contributed by atoms with Crippen molar-refractivity contribution in [3.63, 3.8) is 0 Å². The molecule has 2 fully saturated rings. The zero-order valence-electron chi connectivity index (χ0n) is 13.4. The summed E-state index contributed by atoms with van der Waals surface area (Å²) in [6, 6.07) is 9.20. The highest BCUT2D eigenvalue weighted by Gasteiger charge is 2.64. The Bertz CT molecular complexity index is 828. The number of nitrogens with zero attached hydrogens (tertiary/aromatic N) is 2. The van der Waals surface area contributed by atoms with Crippen LogP contribution in [0, 0.1) is 5.41 Å². The van der Waals surface area contributed by atoms with Crippen LogP contribution in [0.25, 0.3) is 10.9 Å². The van der Waals surface area contributed by atoms with Crippen molar-refractivity contribution in [1.29, 1.82) is 0 Å². The second-order valence-corrected chi connectivity index (χ2v) is 7.77. The Balaban J connectivity index is 1.73. The van der Waals surface area contributed by atoms with Crippen molar-refractivity contribution in [1.82, 2.24) is 9.47 Å². The van der Waals surface area contributed by atoms with E-state index in [1.807, 2.05) is 0 Å². The first-order valence-corrected chi connectivity index (χ1v) is 8.94. The highest BCUT2D eigenvalue weighted by molar-refractivity contribution is 5.86. The number of para-hydroxylation sites is 1. The molecule has 0 spiro atoms. The lowest BCUT2D eigenvalue weighted by Gasteiger charge is -2.55. The lowest BCUT2D eigenvalue weighted by Crippen LogP contribution is -2.60. The highest BCUT2D eigenvalue weighted by Crippen LogP contribution is 2.64. The van der Waals surface area contributed by atoms with Crippen LogP contribution in [-0.4, -0.2) is 39.9 Å². The molecule has 1 N–H and O–H groups in total. The number of fused-ring (bicyclic) bond motifs is 5. The molecule has 5 unspecified atom stereocenters. The second-order valence-electron chi connectivity index (χ2n) is 7.77. The average Bonchev–Trinajstić information content (AvgIpc) is 3.09. The molecule has 2 bridgehead atoms. The van der Waals surface area contributed by atoms with Gasteiger partial charge in [-0.2, -0.15) is 0 Å². The van der Waals surface area contributed by atoms with Gasteiger partial charge in [0.1, 0.15) is 6.23 Å². The van der Waals surface area contributed by atoms with Crippen LogP contribution < -0.4 is 0 Å². The van der Waals surface area contributed by atoms with Gasteiger partial charge in [0.15, 0.2) is 0 Å². The molecule has 0 amide bonds. The van der Waals surface area contributed by atoms with Gasteiger partial charge < -0.3 is 14.4 Å². The molecule has 2 saturated heterocycles. The van der Waals surface area contributed by atoms with E-state index >= 15 is 0 Å². The van der Waals surface area contributed by atoms with E-state index in [1.54, 1.807) is 0 Å². The van der Waals surface area contributed by atoms with E-state index in [0.717, 1.165) is 32.4 Å². The molecule has 120 valence electrons. The topological polar surface area (TPSA) is 37.6 Å². The van der Waals surface area contributed by atoms with Crippen molar-refractivity contribution in [3.05, 3.63) is 35.5 Å². The fourth-order valence-electron chi connectivity index (χ4n) is 6.17. The minimum atomic E-state index is -0.353. The van der Waals surface area contributed by atoms with Gasteiger partial charge >= 0.3 is 0 Å². The number of piperidine rings is 1. The van der Waals surface area contributed by atoms with Crippen LogP contribution in [0.3, 0.4) is 0 Å². The minimum absolute atomic E-state index is 0.0108. The maximum atomic E-state index is 10.7. The summed E-state index contributed by atoms with van der Waals surface area (Å²) in [6.07, 6.45) is 2.93. The first-order valence-electron chi connectivity index (χ1n) is 8.94. The molecule has 5 atom stereocenters. The number of benzene rings is 1. The van der Waals surface area contributed by atoms with Gasteiger partial charge in [0.2, 0.25) is 0 Å². The molecule has 0 aliphatic carbocycles. The molecule has 23 heavy (non-hydrogen) atoms. The maximum Gasteiger partial charge on any atom is 0.135 e. The van der Waals surface area contributed by atoms with Gasteiger partial charge in [-0.15, -0.1) is 0 Å². The number of ether oxygens (including phenoxy) is 1. The summed E-state index contributed by atoms with van der Waals surface area (Å²) < 4.78 is 8.94. The van der Waals surface area contributed by atoms with Crippen LogP contribution >= 0.6 is 0 Å². The summed E-state index contributed by atoms with van der Waals surface area (Å²) in [4.78, 5) is 2.54. The average molecular weight is 310 g/mol. The molecule has 4 heteroatoms. The summed E-state index contributed by atoms with van der Waals surface area (Å²) in [5.41, 5.74) is 4.42. The largest absolute Gasteiger partial charge is 0.389 e. The van der Waals surface area contributed by atoms with Gasteiger partial charge in [0.25, 0.3) is 0 Å². The molecule has 6 rings (SSSR count). The third-order valence-electron chi connectivity index (χ3n) is 7.02. The maximum absolute atomic E-state index is 10.7. The summed E-state index contributed by atoms with van der Waals surface area (Å²) in [5, 5.41) is 12.1. The fourth-order valence-corrected chi connectivity index (χ4v) is 6.17. The molecule has 2 aromatic rings. The van der Waals surface area contributed by atoms with Crippen molar-refractivity contribution in [2.75, 3.05) is 13.1 Å². The van der Waals surface area contributed by atoms with E-state index in [4.69, 9.17) is 4.74 Å². The fraction of sp³-hybridized carbons (Fsp3) is 0.579. The molecule has 4 nitrogen and oxygen atoms in total. The summed E-state index contributed by atoms with van der Waals surface area (Å²) in [7, 11) is 0. The molecule has 5 heterocycles. The van der Waals surface area contributed by atoms with Crippen molar-refractivity contribution >= 4 is 10.9 Å². The van der Waals surface area contributed by atoms with Crippen LogP contribution in [0.15, 0.2) is 24.3 Å². The zero-order valence-corrected chi connectivity index (χ0v) is 13.4. The first-order chi connectivity index (χ1) is 11.2. The molecular weight excluding hydrogens is 288 g/mol. The lowest BCUT2D eigenvalue weighted by atomic mass is 9.63. The second kappa shape index (κ2) is 4.00. The van der Waals surface area contributed by atoms with Gasteiger partial charge in [-0.3, -0.25) is 4.90 Å². The van der Waals surface area contributed by atoms with Crippen LogP contribution in [-0.2, 0) is 11.2 Å². The Kier molecular flexibility index (Phi) is 2.26. The molecule has 4 aliphatic rings. The van der Waals surface area contributed by atoms with E-state index in [2.05, 4.69) is 40.7 Å². The van der Waals surface area contributed by atoms with Gasteiger partial charge in [0.05, 0.1) is 23.8 Å². The van der Waals surface area contributed by atoms with Crippen molar-refractivity contribution in [2.24, 2.45) is 5.41 Å². The van der Waals surface area contributed by atoms with Crippen molar-refractivity contribution in [3.8, 4) is 0 Å². The Hall–Kier alpha value is -1.36. The number of hydrogen-bond donors (Lipinski definition) is 1. The first kappa shape index (κ1) is 13.0. The number of aromatic nitrogens is 1. The zero-order chi connectivity index (χ0) is 15.3.